The van der Waals surface area contributed by atoms with E-state index in [0.717, 1.165) is 16.7 Å². The molecule has 0 aliphatic carbocycles. The molecule has 1 aromatic carbocycles. The van der Waals surface area contributed by atoms with Crippen molar-refractivity contribution in [3.05, 3.63) is 77.6 Å². The van der Waals surface area contributed by atoms with E-state index in [9.17, 15) is 9.59 Å². The Morgan fingerprint density at radius 3 is 2.62 bits per heavy atom. The number of aryl methyl sites for hydroxylation is 1. The summed E-state index contributed by atoms with van der Waals surface area (Å²) in [5, 5.41) is 10.1. The molecule has 0 aliphatic heterocycles. The highest BCUT2D eigenvalue weighted by Gasteiger charge is 2.15. The number of rotatable bonds is 7. The minimum absolute atomic E-state index is 0.0388. The van der Waals surface area contributed by atoms with E-state index in [-0.39, 0.29) is 17.5 Å². The first-order valence-corrected chi connectivity index (χ1v) is 11.7. The minimum atomic E-state index is -0.212. The van der Waals surface area contributed by atoms with Crippen LogP contribution < -0.4 is 20.9 Å². The predicted molar refractivity (Wildman–Crippen MR) is 141 cm³/mol. The van der Waals surface area contributed by atoms with Gasteiger partial charge in [0.15, 0.2) is 0 Å². The fourth-order valence-corrected chi connectivity index (χ4v) is 3.93. The third-order valence-electron chi connectivity index (χ3n) is 5.72. The highest BCUT2D eigenvalue weighted by Crippen LogP contribution is 2.29. The van der Waals surface area contributed by atoms with Crippen molar-refractivity contribution in [2.75, 3.05) is 10.6 Å². The number of carbonyl (C=O) groups excluding carboxylic acids is 1. The monoisotopic (exact) mass is 498 g/mol. The predicted octanol–water partition coefficient (Wildman–Crippen LogP) is 4.39. The van der Waals surface area contributed by atoms with Gasteiger partial charge in [0.25, 0.3) is 5.56 Å². The molecule has 0 saturated heterocycles. The van der Waals surface area contributed by atoms with Gasteiger partial charge in [-0.15, -0.1) is 0 Å². The molecule has 0 unspecified atom stereocenters. The van der Waals surface area contributed by atoms with E-state index >= 15 is 0 Å². The van der Waals surface area contributed by atoms with Crippen molar-refractivity contribution < 1.29 is 9.53 Å². The quantitative estimate of drug-likeness (QED) is 0.341. The molecule has 0 fully saturated rings. The molecule has 4 heterocycles. The molecule has 0 saturated carbocycles. The molecule has 2 N–H and O–H groups in total. The van der Waals surface area contributed by atoms with E-state index < -0.39 is 0 Å². The topological polar surface area (TPSA) is 121 Å². The molecular formula is C26H26N8O3. The molecule has 0 atom stereocenters. The molecule has 11 nitrogen and oxygen atoms in total. The molecule has 11 heteroatoms. The van der Waals surface area contributed by atoms with Crippen LogP contribution in [0.25, 0.3) is 16.7 Å². The second kappa shape index (κ2) is 9.61. The van der Waals surface area contributed by atoms with E-state index in [1.54, 1.807) is 46.0 Å². The van der Waals surface area contributed by atoms with Gasteiger partial charge in [-0.05, 0) is 44.2 Å². The number of hydrogen-bond acceptors (Lipinski definition) is 7. The second-order valence-corrected chi connectivity index (χ2v) is 8.80. The Labute approximate surface area is 212 Å². The van der Waals surface area contributed by atoms with Crippen molar-refractivity contribution >= 4 is 34.4 Å². The number of carbonyl (C=O) groups is 1. The summed E-state index contributed by atoms with van der Waals surface area (Å²) in [7, 11) is 1.86. The van der Waals surface area contributed by atoms with Gasteiger partial charge >= 0.3 is 0 Å². The molecular weight excluding hydrogens is 472 g/mol. The molecule has 5 aromatic rings. The summed E-state index contributed by atoms with van der Waals surface area (Å²) in [5.74, 6) is 1.82. The maximum Gasteiger partial charge on any atom is 0.274 e. The number of benzene rings is 1. The molecule has 0 spiro atoms. The third kappa shape index (κ3) is 4.92. The average molecular weight is 499 g/mol. The van der Waals surface area contributed by atoms with Gasteiger partial charge in [-0.2, -0.15) is 5.10 Å². The highest BCUT2D eigenvalue weighted by atomic mass is 16.5. The van der Waals surface area contributed by atoms with Crippen LogP contribution in [0.4, 0.5) is 17.5 Å². The van der Waals surface area contributed by atoms with E-state index in [1.165, 1.54) is 6.92 Å². The summed E-state index contributed by atoms with van der Waals surface area (Å²) >= 11 is 0. The Balaban J connectivity index is 1.47. The van der Waals surface area contributed by atoms with E-state index in [0.29, 0.717) is 29.0 Å². The van der Waals surface area contributed by atoms with Crippen LogP contribution in [0.1, 0.15) is 26.8 Å². The van der Waals surface area contributed by atoms with Crippen molar-refractivity contribution in [3.63, 3.8) is 0 Å². The molecule has 4 aromatic heterocycles. The van der Waals surface area contributed by atoms with Crippen molar-refractivity contribution in [2.45, 2.75) is 26.8 Å². The summed E-state index contributed by atoms with van der Waals surface area (Å²) in [4.78, 5) is 33.3. The van der Waals surface area contributed by atoms with E-state index in [4.69, 9.17) is 4.74 Å². The lowest BCUT2D eigenvalue weighted by molar-refractivity contribution is -0.114. The summed E-state index contributed by atoms with van der Waals surface area (Å²) in [6.45, 7) is 5.33. The number of pyridine rings is 2. The zero-order valence-electron chi connectivity index (χ0n) is 20.8. The fourth-order valence-electron chi connectivity index (χ4n) is 3.93. The Bertz CT molecular complexity index is 1650. The van der Waals surface area contributed by atoms with Gasteiger partial charge in [0.2, 0.25) is 11.9 Å². The first kappa shape index (κ1) is 23.8. The first-order valence-electron chi connectivity index (χ1n) is 11.7. The molecule has 0 radical (unpaired) electrons. The van der Waals surface area contributed by atoms with Crippen LogP contribution in [0.15, 0.2) is 72.0 Å². The van der Waals surface area contributed by atoms with Crippen LogP contribution >= 0.6 is 0 Å². The Hall–Kier alpha value is -4.93. The number of nitrogens with one attached hydrogen (secondary N) is 2. The van der Waals surface area contributed by atoms with Gasteiger partial charge in [0.1, 0.15) is 23.0 Å². The Morgan fingerprint density at radius 2 is 1.89 bits per heavy atom. The van der Waals surface area contributed by atoms with Crippen LogP contribution in [-0.2, 0) is 11.8 Å². The minimum Gasteiger partial charge on any atom is -0.457 e. The normalized spacial score (nSPS) is 11.2. The van der Waals surface area contributed by atoms with Crippen LogP contribution in [0.5, 0.6) is 11.5 Å². The molecule has 1 amide bonds. The molecule has 0 aliphatic rings. The number of fused-ring (bicyclic) bond motifs is 1. The number of amides is 1. The van der Waals surface area contributed by atoms with Crippen molar-refractivity contribution in [2.24, 2.45) is 7.05 Å². The second-order valence-electron chi connectivity index (χ2n) is 8.80. The number of imidazole rings is 1. The summed E-state index contributed by atoms with van der Waals surface area (Å²) in [6.07, 6.45) is 6.87. The van der Waals surface area contributed by atoms with Crippen molar-refractivity contribution in [1.29, 1.82) is 0 Å². The Kier molecular flexibility index (Phi) is 6.18. The molecule has 0 bridgehead atoms. The van der Waals surface area contributed by atoms with Crippen LogP contribution in [0, 0.1) is 0 Å². The lowest BCUT2D eigenvalue weighted by Gasteiger charge is -2.15. The van der Waals surface area contributed by atoms with E-state index in [2.05, 4.69) is 25.7 Å². The summed E-state index contributed by atoms with van der Waals surface area (Å²) < 4.78 is 11.2. The zero-order chi connectivity index (χ0) is 26.1. The van der Waals surface area contributed by atoms with Gasteiger partial charge in [-0.25, -0.2) is 14.6 Å². The fraction of sp³-hybridized carbons (Fsp3) is 0.192. The SMILES string of the molecule is CC(=O)Nc1cc(Oc2ccc3nc(Nc4cc(-n5cccn5)cn(C(C)C)c4=O)n(C)c3c2)ccn1. The maximum absolute atomic E-state index is 13.2. The molecule has 37 heavy (non-hydrogen) atoms. The van der Waals surface area contributed by atoms with Crippen LogP contribution in [0.3, 0.4) is 0 Å². The lowest BCUT2D eigenvalue weighted by Crippen LogP contribution is -2.25. The van der Waals surface area contributed by atoms with Gasteiger partial charge < -0.3 is 24.5 Å². The lowest BCUT2D eigenvalue weighted by atomic mass is 10.3. The Morgan fingerprint density at radius 1 is 1.08 bits per heavy atom. The van der Waals surface area contributed by atoms with Gasteiger partial charge in [0.05, 0.1) is 16.7 Å². The van der Waals surface area contributed by atoms with Crippen molar-refractivity contribution in [1.82, 2.24) is 28.9 Å². The standard InChI is InChI=1S/C26H26N8O3/c1-16(2)33-15-18(34-11-5-9-28-34)12-22(25(33)36)31-26-30-21-7-6-19(13-23(21)32(26)4)37-20-8-10-27-24(14-20)29-17(3)35/h5-16H,1-4H3,(H,30,31)(H,27,29,35). The molecule has 188 valence electrons. The zero-order valence-corrected chi connectivity index (χ0v) is 20.8. The van der Waals surface area contributed by atoms with Crippen LogP contribution in [0.2, 0.25) is 0 Å². The molecule has 5 rings (SSSR count). The first-order chi connectivity index (χ1) is 17.8. The number of ether oxygens (including phenoxy) is 1. The van der Waals surface area contributed by atoms with Crippen LogP contribution in [-0.4, -0.2) is 34.8 Å². The largest absolute Gasteiger partial charge is 0.457 e. The summed E-state index contributed by atoms with van der Waals surface area (Å²) in [6, 6.07) is 12.4. The van der Waals surface area contributed by atoms with Crippen molar-refractivity contribution in [3.8, 4) is 17.2 Å². The maximum atomic E-state index is 13.2. The number of aromatic nitrogens is 6. The number of hydrogen-bond donors (Lipinski definition) is 2. The van der Waals surface area contributed by atoms with E-state index in [1.807, 2.05) is 55.9 Å². The van der Waals surface area contributed by atoms with Gasteiger partial charge in [-0.3, -0.25) is 9.59 Å². The summed E-state index contributed by atoms with van der Waals surface area (Å²) in [5.41, 5.74) is 2.53. The number of anilines is 3. The number of nitrogens with zero attached hydrogens (tertiary/aromatic N) is 6. The smallest absolute Gasteiger partial charge is 0.274 e. The van der Waals surface area contributed by atoms with Gasteiger partial charge in [0, 0.05) is 56.9 Å². The third-order valence-corrected chi connectivity index (χ3v) is 5.72. The highest BCUT2D eigenvalue weighted by molar-refractivity contribution is 5.87. The average Bonchev–Trinajstić information content (AvgIpc) is 3.49. The van der Waals surface area contributed by atoms with Gasteiger partial charge in [-0.1, -0.05) is 0 Å².